The van der Waals surface area contributed by atoms with Gasteiger partial charge in [-0.15, -0.1) is 0 Å². The molecule has 1 rings (SSSR count). The van der Waals surface area contributed by atoms with Gasteiger partial charge in [-0.2, -0.15) is 0 Å². The van der Waals surface area contributed by atoms with Gasteiger partial charge in [-0.3, -0.25) is 0 Å². The number of ether oxygens (including phenoxy) is 1. The summed E-state index contributed by atoms with van der Waals surface area (Å²) < 4.78 is 17.9. The minimum atomic E-state index is -0.481. The topological polar surface area (TPSA) is 29.5 Å². The molecule has 2 nitrogen and oxygen atoms in total. The normalized spacial score (nSPS) is 12.6. The van der Waals surface area contributed by atoms with Crippen LogP contribution in [0, 0.1) is 5.82 Å². The Bertz CT molecular complexity index is 291. The zero-order valence-electron chi connectivity index (χ0n) is 7.13. The van der Waals surface area contributed by atoms with Crippen molar-refractivity contribution in [3.63, 3.8) is 0 Å². The van der Waals surface area contributed by atoms with Gasteiger partial charge >= 0.3 is 0 Å². The molecule has 1 aromatic rings. The minimum absolute atomic E-state index is 0.0163. The van der Waals surface area contributed by atoms with Crippen molar-refractivity contribution in [1.29, 1.82) is 0 Å². The van der Waals surface area contributed by atoms with Gasteiger partial charge in [0, 0.05) is 6.07 Å². The quantitative estimate of drug-likeness (QED) is 0.818. The molecular formula is C9H10ClFO2. The van der Waals surface area contributed by atoms with E-state index in [0.717, 1.165) is 0 Å². The molecule has 0 radical (unpaired) electrons. The fourth-order valence-corrected chi connectivity index (χ4v) is 0.990. The van der Waals surface area contributed by atoms with Crippen LogP contribution in [-0.4, -0.2) is 17.8 Å². The summed E-state index contributed by atoms with van der Waals surface area (Å²) in [5.41, 5.74) is 0. The van der Waals surface area contributed by atoms with E-state index in [9.17, 15) is 4.39 Å². The van der Waals surface area contributed by atoms with Crippen LogP contribution in [0.4, 0.5) is 4.39 Å². The molecule has 0 saturated heterocycles. The second kappa shape index (κ2) is 4.44. The lowest BCUT2D eigenvalue weighted by Crippen LogP contribution is -2.16. The van der Waals surface area contributed by atoms with Gasteiger partial charge < -0.3 is 9.84 Å². The Kier molecular flexibility index (Phi) is 3.51. The van der Waals surface area contributed by atoms with E-state index < -0.39 is 5.82 Å². The molecule has 0 saturated carbocycles. The van der Waals surface area contributed by atoms with Gasteiger partial charge in [0.25, 0.3) is 0 Å². The Hall–Kier alpha value is -0.800. The standard InChI is InChI=1S/C9H10ClFO2/c1-6(5-12)13-7-2-3-9(11)8(10)4-7/h2-4,6,12H,5H2,1H3/t6-/m1/s1. The maximum absolute atomic E-state index is 12.7. The molecule has 0 heterocycles. The Labute approximate surface area is 80.9 Å². The third-order valence-corrected chi connectivity index (χ3v) is 1.78. The molecule has 72 valence electrons. The van der Waals surface area contributed by atoms with Gasteiger partial charge in [0.1, 0.15) is 17.7 Å². The molecule has 0 fully saturated rings. The zero-order valence-corrected chi connectivity index (χ0v) is 7.88. The van der Waals surface area contributed by atoms with Crippen LogP contribution in [0.25, 0.3) is 0 Å². The monoisotopic (exact) mass is 204 g/mol. The summed E-state index contributed by atoms with van der Waals surface area (Å²) >= 11 is 5.52. The van der Waals surface area contributed by atoms with Crippen LogP contribution in [0.3, 0.4) is 0 Å². The predicted octanol–water partition coefficient (Wildman–Crippen LogP) is 2.24. The number of benzene rings is 1. The first kappa shape index (κ1) is 10.3. The van der Waals surface area contributed by atoms with Crippen molar-refractivity contribution in [1.82, 2.24) is 0 Å². The van der Waals surface area contributed by atoms with Crippen molar-refractivity contribution in [2.24, 2.45) is 0 Å². The molecule has 0 aliphatic heterocycles. The van der Waals surface area contributed by atoms with Crippen molar-refractivity contribution in [3.8, 4) is 5.75 Å². The Morgan fingerprint density at radius 3 is 2.85 bits per heavy atom. The number of aliphatic hydroxyl groups is 1. The summed E-state index contributed by atoms with van der Waals surface area (Å²) in [5, 5.41) is 8.70. The van der Waals surface area contributed by atoms with E-state index in [4.69, 9.17) is 21.4 Å². The summed E-state index contributed by atoms with van der Waals surface area (Å²) in [4.78, 5) is 0. The highest BCUT2D eigenvalue weighted by molar-refractivity contribution is 6.30. The number of aliphatic hydroxyl groups excluding tert-OH is 1. The molecule has 0 aliphatic rings. The third-order valence-electron chi connectivity index (χ3n) is 1.49. The van der Waals surface area contributed by atoms with Crippen LogP contribution < -0.4 is 4.74 Å². The molecule has 0 amide bonds. The van der Waals surface area contributed by atoms with E-state index in [2.05, 4.69) is 0 Å². The van der Waals surface area contributed by atoms with Crippen molar-refractivity contribution < 1.29 is 14.2 Å². The van der Waals surface area contributed by atoms with E-state index in [1.165, 1.54) is 18.2 Å². The van der Waals surface area contributed by atoms with E-state index in [1.54, 1.807) is 6.92 Å². The molecule has 0 aliphatic carbocycles. The van der Waals surface area contributed by atoms with Crippen LogP contribution in [-0.2, 0) is 0 Å². The van der Waals surface area contributed by atoms with E-state index in [1.807, 2.05) is 0 Å². The number of hydrogen-bond donors (Lipinski definition) is 1. The average molecular weight is 205 g/mol. The van der Waals surface area contributed by atoms with Crippen LogP contribution in [0.1, 0.15) is 6.92 Å². The fraction of sp³-hybridized carbons (Fsp3) is 0.333. The Morgan fingerprint density at radius 1 is 1.62 bits per heavy atom. The first-order valence-corrected chi connectivity index (χ1v) is 4.24. The smallest absolute Gasteiger partial charge is 0.142 e. The van der Waals surface area contributed by atoms with Crippen molar-refractivity contribution in [3.05, 3.63) is 29.0 Å². The molecular weight excluding hydrogens is 195 g/mol. The Morgan fingerprint density at radius 2 is 2.31 bits per heavy atom. The molecule has 4 heteroatoms. The highest BCUT2D eigenvalue weighted by Crippen LogP contribution is 2.21. The summed E-state index contributed by atoms with van der Waals surface area (Å²) in [6.45, 7) is 1.62. The van der Waals surface area contributed by atoms with Gasteiger partial charge in [-0.25, -0.2) is 4.39 Å². The minimum Gasteiger partial charge on any atom is -0.488 e. The van der Waals surface area contributed by atoms with Gasteiger partial charge in [0.15, 0.2) is 0 Å². The Balaban J connectivity index is 2.73. The zero-order chi connectivity index (χ0) is 9.84. The lowest BCUT2D eigenvalue weighted by atomic mass is 10.3. The van der Waals surface area contributed by atoms with Crippen molar-refractivity contribution in [2.75, 3.05) is 6.61 Å². The first-order valence-electron chi connectivity index (χ1n) is 3.86. The van der Waals surface area contributed by atoms with Gasteiger partial charge in [-0.1, -0.05) is 11.6 Å². The molecule has 0 spiro atoms. The highest BCUT2D eigenvalue weighted by Gasteiger charge is 2.04. The lowest BCUT2D eigenvalue weighted by molar-refractivity contribution is 0.129. The third kappa shape index (κ3) is 2.86. The summed E-state index contributed by atoms with van der Waals surface area (Å²) in [5.74, 6) is -0.0291. The van der Waals surface area contributed by atoms with E-state index in [0.29, 0.717) is 5.75 Å². The lowest BCUT2D eigenvalue weighted by Gasteiger charge is -2.11. The van der Waals surface area contributed by atoms with Gasteiger partial charge in [-0.05, 0) is 19.1 Å². The van der Waals surface area contributed by atoms with Crippen molar-refractivity contribution in [2.45, 2.75) is 13.0 Å². The van der Waals surface area contributed by atoms with E-state index in [-0.39, 0.29) is 17.7 Å². The van der Waals surface area contributed by atoms with Crippen LogP contribution in [0.5, 0.6) is 5.75 Å². The molecule has 0 bridgehead atoms. The summed E-state index contributed by atoms with van der Waals surface area (Å²) in [7, 11) is 0. The summed E-state index contributed by atoms with van der Waals surface area (Å²) in [6, 6.07) is 4.07. The fourth-order valence-electron chi connectivity index (χ4n) is 0.820. The SMILES string of the molecule is C[C@H](CO)Oc1ccc(F)c(Cl)c1. The number of hydrogen-bond acceptors (Lipinski definition) is 2. The first-order chi connectivity index (χ1) is 6.13. The second-order valence-corrected chi connectivity index (χ2v) is 3.09. The highest BCUT2D eigenvalue weighted by atomic mass is 35.5. The largest absolute Gasteiger partial charge is 0.488 e. The van der Waals surface area contributed by atoms with Crippen LogP contribution in [0.15, 0.2) is 18.2 Å². The average Bonchev–Trinajstić information content (AvgIpc) is 2.11. The predicted molar refractivity (Wildman–Crippen MR) is 48.6 cm³/mol. The van der Waals surface area contributed by atoms with Gasteiger partial charge in [0.2, 0.25) is 0 Å². The van der Waals surface area contributed by atoms with Crippen LogP contribution in [0.2, 0.25) is 5.02 Å². The molecule has 13 heavy (non-hydrogen) atoms. The molecule has 1 aromatic carbocycles. The maximum atomic E-state index is 12.7. The molecule has 0 unspecified atom stereocenters. The second-order valence-electron chi connectivity index (χ2n) is 2.69. The van der Waals surface area contributed by atoms with Gasteiger partial charge in [0.05, 0.1) is 11.6 Å². The van der Waals surface area contributed by atoms with E-state index >= 15 is 0 Å². The number of halogens is 2. The molecule has 1 atom stereocenters. The van der Waals surface area contributed by atoms with Crippen molar-refractivity contribution >= 4 is 11.6 Å². The summed E-state index contributed by atoms with van der Waals surface area (Å²) in [6.07, 6.45) is -0.318. The van der Waals surface area contributed by atoms with Crippen LogP contribution >= 0.6 is 11.6 Å². The number of rotatable bonds is 3. The maximum Gasteiger partial charge on any atom is 0.142 e. The molecule has 1 N–H and O–H groups in total. The molecule has 0 aromatic heterocycles.